The van der Waals surface area contributed by atoms with Crippen LogP contribution < -0.4 is 5.32 Å². The molecule has 4 nitrogen and oxygen atoms in total. The van der Waals surface area contributed by atoms with Gasteiger partial charge in [-0.2, -0.15) is 11.8 Å². The Hall–Kier alpha value is -1.49. The van der Waals surface area contributed by atoms with Gasteiger partial charge in [-0.05, 0) is 24.3 Å². The Labute approximate surface area is 98.0 Å². The number of nitrogens with one attached hydrogen (secondary N) is 1. The molecule has 1 amide bonds. The van der Waals surface area contributed by atoms with Crippen molar-refractivity contribution in [2.45, 2.75) is 6.42 Å². The predicted molar refractivity (Wildman–Crippen MR) is 65.9 cm³/mol. The minimum atomic E-state index is -0.546. The zero-order chi connectivity index (χ0) is 11.2. The highest BCUT2D eigenvalue weighted by Gasteiger charge is 2.10. The average Bonchev–Trinajstić information content (AvgIpc) is 2.81. The number of thioether (sulfide) groups is 1. The van der Waals surface area contributed by atoms with Gasteiger partial charge in [-0.3, -0.25) is 10.2 Å². The lowest BCUT2D eigenvalue weighted by Crippen LogP contribution is -2.12. The van der Waals surface area contributed by atoms with Gasteiger partial charge in [-0.1, -0.05) is 23.4 Å². The molecule has 1 fully saturated rings. The quantitative estimate of drug-likeness (QED) is 0.634. The Morgan fingerprint density at radius 1 is 1.38 bits per heavy atom. The summed E-state index contributed by atoms with van der Waals surface area (Å²) in [5.74, 6) is 1.92. The summed E-state index contributed by atoms with van der Waals surface area (Å²) < 4.78 is 0. The van der Waals surface area contributed by atoms with Crippen molar-refractivity contribution < 1.29 is 9.63 Å². The van der Waals surface area contributed by atoms with E-state index in [2.05, 4.69) is 10.5 Å². The van der Waals surface area contributed by atoms with Gasteiger partial charge in [0, 0.05) is 11.4 Å². The SMILES string of the molecule is O=C(Nc1ccccc1)O/N=C1/CCSC1. The number of nitrogens with zero attached hydrogens (tertiary/aromatic N) is 1. The van der Waals surface area contributed by atoms with Gasteiger partial charge in [0.15, 0.2) is 0 Å². The Bertz CT molecular complexity index is 384. The maximum absolute atomic E-state index is 11.3. The van der Waals surface area contributed by atoms with Gasteiger partial charge in [0.25, 0.3) is 0 Å². The lowest BCUT2D eigenvalue weighted by Gasteiger charge is -2.02. The third kappa shape index (κ3) is 3.27. The number of benzene rings is 1. The van der Waals surface area contributed by atoms with E-state index < -0.39 is 6.09 Å². The molecule has 0 spiro atoms. The van der Waals surface area contributed by atoms with Crippen LogP contribution in [0.5, 0.6) is 0 Å². The molecular weight excluding hydrogens is 224 g/mol. The summed E-state index contributed by atoms with van der Waals surface area (Å²) in [5.41, 5.74) is 1.64. The van der Waals surface area contributed by atoms with Crippen molar-refractivity contribution >= 4 is 29.3 Å². The molecule has 0 aliphatic carbocycles. The largest absolute Gasteiger partial charge is 0.437 e. The van der Waals surface area contributed by atoms with E-state index in [1.54, 1.807) is 23.9 Å². The fourth-order valence-corrected chi connectivity index (χ4v) is 2.25. The topological polar surface area (TPSA) is 50.7 Å². The maximum Gasteiger partial charge on any atom is 0.437 e. The Morgan fingerprint density at radius 3 is 2.88 bits per heavy atom. The summed E-state index contributed by atoms with van der Waals surface area (Å²) in [6, 6.07) is 9.15. The third-order valence-corrected chi connectivity index (χ3v) is 3.11. The van der Waals surface area contributed by atoms with Gasteiger partial charge in [-0.15, -0.1) is 0 Å². The van der Waals surface area contributed by atoms with Crippen LogP contribution in [0.4, 0.5) is 10.5 Å². The normalized spacial score (nSPS) is 17.4. The van der Waals surface area contributed by atoms with E-state index in [-0.39, 0.29) is 0 Å². The summed E-state index contributed by atoms with van der Waals surface area (Å²) in [5, 5.41) is 6.39. The summed E-state index contributed by atoms with van der Waals surface area (Å²) in [6.07, 6.45) is 0.360. The number of hydrogen-bond acceptors (Lipinski definition) is 4. The van der Waals surface area contributed by atoms with Crippen LogP contribution in [0.1, 0.15) is 6.42 Å². The van der Waals surface area contributed by atoms with Crippen LogP contribution in [-0.4, -0.2) is 23.3 Å². The molecule has 84 valence electrons. The van der Waals surface area contributed by atoms with Crippen LogP contribution in [-0.2, 0) is 4.84 Å². The van der Waals surface area contributed by atoms with Crippen LogP contribution in [0.15, 0.2) is 35.5 Å². The predicted octanol–water partition coefficient (Wildman–Crippen LogP) is 2.73. The van der Waals surface area contributed by atoms with Gasteiger partial charge in [0.1, 0.15) is 0 Å². The highest BCUT2D eigenvalue weighted by atomic mass is 32.2. The second-order valence-corrected chi connectivity index (χ2v) is 4.44. The molecule has 0 saturated carbocycles. The summed E-state index contributed by atoms with van der Waals surface area (Å²) in [7, 11) is 0. The van der Waals surface area contributed by atoms with E-state index in [0.29, 0.717) is 5.69 Å². The van der Waals surface area contributed by atoms with Gasteiger partial charge in [-0.25, -0.2) is 4.79 Å². The van der Waals surface area contributed by atoms with Gasteiger partial charge < -0.3 is 0 Å². The Kier molecular flexibility index (Phi) is 3.82. The van der Waals surface area contributed by atoms with E-state index in [1.807, 2.05) is 18.2 Å². The number of carbonyl (C=O) groups excluding carboxylic acids is 1. The van der Waals surface area contributed by atoms with E-state index in [0.717, 1.165) is 23.6 Å². The van der Waals surface area contributed by atoms with E-state index in [1.165, 1.54) is 0 Å². The first-order chi connectivity index (χ1) is 7.84. The van der Waals surface area contributed by atoms with Crippen molar-refractivity contribution in [2.24, 2.45) is 5.16 Å². The fraction of sp³-hybridized carbons (Fsp3) is 0.273. The summed E-state index contributed by atoms with van der Waals surface area (Å²) in [4.78, 5) is 16.1. The van der Waals surface area contributed by atoms with Crippen molar-refractivity contribution in [3.8, 4) is 0 Å². The van der Waals surface area contributed by atoms with E-state index in [4.69, 9.17) is 4.84 Å². The monoisotopic (exact) mass is 236 g/mol. The standard InChI is InChI=1S/C11H12N2O2S/c14-11(12-9-4-2-1-3-5-9)15-13-10-6-7-16-8-10/h1-5H,6-8H2,(H,12,14)/b13-10-. The zero-order valence-electron chi connectivity index (χ0n) is 8.68. The highest BCUT2D eigenvalue weighted by Crippen LogP contribution is 2.14. The number of hydrogen-bond donors (Lipinski definition) is 1. The average molecular weight is 236 g/mol. The molecule has 1 aromatic rings. The molecule has 5 heteroatoms. The molecule has 2 rings (SSSR count). The molecule has 1 heterocycles. The first-order valence-electron chi connectivity index (χ1n) is 5.01. The number of carbonyl (C=O) groups is 1. The number of para-hydroxylation sites is 1. The molecule has 0 radical (unpaired) electrons. The fourth-order valence-electron chi connectivity index (χ4n) is 1.29. The molecule has 1 aliphatic rings. The Morgan fingerprint density at radius 2 is 2.19 bits per heavy atom. The smallest absolute Gasteiger partial charge is 0.298 e. The van der Waals surface area contributed by atoms with E-state index in [9.17, 15) is 4.79 Å². The van der Waals surface area contributed by atoms with Crippen LogP contribution in [0.3, 0.4) is 0 Å². The first-order valence-corrected chi connectivity index (χ1v) is 6.16. The van der Waals surface area contributed by atoms with Crippen LogP contribution in [0, 0.1) is 0 Å². The lowest BCUT2D eigenvalue weighted by atomic mass is 10.3. The summed E-state index contributed by atoms with van der Waals surface area (Å²) >= 11 is 1.80. The van der Waals surface area contributed by atoms with Crippen LogP contribution in [0.25, 0.3) is 0 Å². The maximum atomic E-state index is 11.3. The van der Waals surface area contributed by atoms with Crippen LogP contribution in [0.2, 0.25) is 0 Å². The van der Waals surface area contributed by atoms with Gasteiger partial charge >= 0.3 is 6.09 Å². The minimum absolute atomic E-state index is 0.546. The van der Waals surface area contributed by atoms with Crippen molar-refractivity contribution in [1.29, 1.82) is 0 Å². The second kappa shape index (κ2) is 5.55. The van der Waals surface area contributed by atoms with Crippen molar-refractivity contribution in [3.63, 3.8) is 0 Å². The van der Waals surface area contributed by atoms with Crippen molar-refractivity contribution in [3.05, 3.63) is 30.3 Å². The van der Waals surface area contributed by atoms with Gasteiger partial charge in [0.05, 0.1) is 5.71 Å². The van der Waals surface area contributed by atoms with E-state index >= 15 is 0 Å². The number of amides is 1. The summed E-state index contributed by atoms with van der Waals surface area (Å²) in [6.45, 7) is 0. The van der Waals surface area contributed by atoms with Crippen molar-refractivity contribution in [1.82, 2.24) is 0 Å². The Balaban J connectivity index is 1.82. The molecule has 0 aromatic heterocycles. The zero-order valence-corrected chi connectivity index (χ0v) is 9.50. The first kappa shape index (κ1) is 11.0. The molecule has 0 unspecified atom stereocenters. The minimum Gasteiger partial charge on any atom is -0.298 e. The number of rotatable bonds is 2. The molecule has 1 aromatic carbocycles. The molecule has 1 N–H and O–H groups in total. The third-order valence-electron chi connectivity index (χ3n) is 2.08. The van der Waals surface area contributed by atoms with Gasteiger partial charge in [0.2, 0.25) is 0 Å². The molecule has 16 heavy (non-hydrogen) atoms. The lowest BCUT2D eigenvalue weighted by molar-refractivity contribution is 0.166. The number of anilines is 1. The highest BCUT2D eigenvalue weighted by molar-refractivity contribution is 8.00. The van der Waals surface area contributed by atoms with Crippen molar-refractivity contribution in [2.75, 3.05) is 16.8 Å². The molecule has 1 saturated heterocycles. The van der Waals surface area contributed by atoms with Crippen LogP contribution >= 0.6 is 11.8 Å². The molecule has 1 aliphatic heterocycles. The molecule has 0 atom stereocenters. The second-order valence-electron chi connectivity index (χ2n) is 3.33. The number of oxime groups is 1. The molecule has 0 bridgehead atoms. The molecular formula is C11H12N2O2S.